The van der Waals surface area contributed by atoms with Crippen molar-refractivity contribution in [3.63, 3.8) is 0 Å². The van der Waals surface area contributed by atoms with Crippen molar-refractivity contribution in [2.75, 3.05) is 20.1 Å². The zero-order valence-electron chi connectivity index (χ0n) is 10.8. The molecule has 0 amide bonds. The van der Waals surface area contributed by atoms with E-state index in [0.29, 0.717) is 23.2 Å². The number of benzene rings is 1. The molecule has 1 aromatic carbocycles. The zero-order chi connectivity index (χ0) is 14.4. The van der Waals surface area contributed by atoms with Crippen LogP contribution in [0.4, 0.5) is 0 Å². The van der Waals surface area contributed by atoms with Gasteiger partial charge in [0, 0.05) is 17.0 Å². The molecule has 106 valence electrons. The average molecular weight is 289 g/mol. The standard InChI is InChI=1S/C13H17ClO5/c1-18-11-6-8(7-15)5-9(13(11)19-2)12(17)10(16)3-4-14/h5-7,10,12,16-17H,3-4H2,1-2H3. The molecule has 0 fully saturated rings. The molecule has 2 unspecified atom stereocenters. The Morgan fingerprint density at radius 2 is 2.00 bits per heavy atom. The number of aldehydes is 1. The topological polar surface area (TPSA) is 76.0 Å². The molecule has 0 saturated heterocycles. The van der Waals surface area contributed by atoms with E-state index in [1.54, 1.807) is 0 Å². The van der Waals surface area contributed by atoms with E-state index in [4.69, 9.17) is 21.1 Å². The van der Waals surface area contributed by atoms with Gasteiger partial charge in [0.15, 0.2) is 11.5 Å². The zero-order valence-corrected chi connectivity index (χ0v) is 11.6. The minimum atomic E-state index is -1.21. The lowest BCUT2D eigenvalue weighted by Gasteiger charge is -2.21. The summed E-state index contributed by atoms with van der Waals surface area (Å²) in [6.45, 7) is 0. The highest BCUT2D eigenvalue weighted by Gasteiger charge is 2.24. The van der Waals surface area contributed by atoms with Gasteiger partial charge in [-0.05, 0) is 18.6 Å². The third kappa shape index (κ3) is 3.59. The number of ether oxygens (including phenoxy) is 2. The van der Waals surface area contributed by atoms with Gasteiger partial charge in [0.25, 0.3) is 0 Å². The molecule has 1 aromatic rings. The van der Waals surface area contributed by atoms with Crippen molar-refractivity contribution >= 4 is 17.9 Å². The third-order valence-electron chi connectivity index (χ3n) is 2.75. The summed E-state index contributed by atoms with van der Waals surface area (Å²) in [6, 6.07) is 2.95. The number of aliphatic hydroxyl groups is 2. The number of carbonyl (C=O) groups excluding carboxylic acids is 1. The molecule has 6 heteroatoms. The lowest BCUT2D eigenvalue weighted by Crippen LogP contribution is -2.19. The first kappa shape index (κ1) is 15.8. The number of hydrogen-bond donors (Lipinski definition) is 2. The Balaban J connectivity index is 3.26. The number of alkyl halides is 1. The molecule has 0 aliphatic heterocycles. The summed E-state index contributed by atoms with van der Waals surface area (Å²) in [5, 5.41) is 19.9. The summed E-state index contributed by atoms with van der Waals surface area (Å²) in [5.74, 6) is 0.818. The van der Waals surface area contributed by atoms with Crippen LogP contribution in [0.15, 0.2) is 12.1 Å². The highest BCUT2D eigenvalue weighted by Crippen LogP contribution is 2.37. The molecule has 2 atom stereocenters. The van der Waals surface area contributed by atoms with Crippen LogP contribution in [-0.2, 0) is 0 Å². The highest BCUT2D eigenvalue weighted by molar-refractivity contribution is 6.17. The van der Waals surface area contributed by atoms with Gasteiger partial charge in [0.1, 0.15) is 12.4 Å². The highest BCUT2D eigenvalue weighted by atomic mass is 35.5. The predicted molar refractivity (Wildman–Crippen MR) is 71.2 cm³/mol. The molecule has 0 heterocycles. The van der Waals surface area contributed by atoms with Crippen molar-refractivity contribution in [3.8, 4) is 11.5 Å². The predicted octanol–water partition coefficient (Wildman–Crippen LogP) is 1.54. The fourth-order valence-electron chi connectivity index (χ4n) is 1.78. The largest absolute Gasteiger partial charge is 0.493 e. The molecule has 0 saturated carbocycles. The molecule has 0 aliphatic carbocycles. The maximum absolute atomic E-state index is 10.9. The molecule has 0 bridgehead atoms. The Kier molecular flexibility index (Phi) is 6.08. The van der Waals surface area contributed by atoms with Gasteiger partial charge in [0.2, 0.25) is 0 Å². The Hall–Kier alpha value is -1.30. The number of aliphatic hydroxyl groups excluding tert-OH is 2. The van der Waals surface area contributed by atoms with Gasteiger partial charge >= 0.3 is 0 Å². The summed E-state index contributed by atoms with van der Waals surface area (Å²) >= 11 is 5.54. The maximum Gasteiger partial charge on any atom is 0.166 e. The summed E-state index contributed by atoms with van der Waals surface area (Å²) in [7, 11) is 2.85. The monoisotopic (exact) mass is 288 g/mol. The molecule has 2 N–H and O–H groups in total. The van der Waals surface area contributed by atoms with Crippen molar-refractivity contribution in [1.29, 1.82) is 0 Å². The quantitative estimate of drug-likeness (QED) is 0.588. The van der Waals surface area contributed by atoms with Crippen LogP contribution in [0.25, 0.3) is 0 Å². The second-order valence-corrected chi connectivity index (χ2v) is 4.33. The van der Waals surface area contributed by atoms with Gasteiger partial charge in [0.05, 0.1) is 20.3 Å². The van der Waals surface area contributed by atoms with E-state index in [2.05, 4.69) is 0 Å². The van der Waals surface area contributed by atoms with Crippen LogP contribution >= 0.6 is 11.6 Å². The Morgan fingerprint density at radius 1 is 1.32 bits per heavy atom. The summed E-state index contributed by atoms with van der Waals surface area (Å²) in [5.41, 5.74) is 0.617. The van der Waals surface area contributed by atoms with E-state index in [1.807, 2.05) is 0 Å². The fourth-order valence-corrected chi connectivity index (χ4v) is 2.00. The SMILES string of the molecule is COc1cc(C=O)cc(C(O)C(O)CCCl)c1OC. The smallest absolute Gasteiger partial charge is 0.166 e. The van der Waals surface area contributed by atoms with Gasteiger partial charge in [-0.2, -0.15) is 0 Å². The Labute approximate surface area is 116 Å². The van der Waals surface area contributed by atoms with Gasteiger partial charge in [-0.25, -0.2) is 0 Å². The van der Waals surface area contributed by atoms with Crippen molar-refractivity contribution in [2.24, 2.45) is 0 Å². The van der Waals surface area contributed by atoms with Crippen LogP contribution in [0.3, 0.4) is 0 Å². The van der Waals surface area contributed by atoms with Crippen molar-refractivity contribution in [2.45, 2.75) is 18.6 Å². The number of rotatable bonds is 7. The van der Waals surface area contributed by atoms with Crippen molar-refractivity contribution in [3.05, 3.63) is 23.3 Å². The van der Waals surface area contributed by atoms with Crippen LogP contribution in [-0.4, -0.2) is 42.7 Å². The van der Waals surface area contributed by atoms with E-state index < -0.39 is 12.2 Å². The van der Waals surface area contributed by atoms with Crippen molar-refractivity contribution < 1.29 is 24.5 Å². The lowest BCUT2D eigenvalue weighted by molar-refractivity contribution is 0.0154. The molecule has 0 spiro atoms. The first-order valence-corrected chi connectivity index (χ1v) is 6.25. The van der Waals surface area contributed by atoms with Crippen LogP contribution < -0.4 is 9.47 Å². The molecule has 0 radical (unpaired) electrons. The summed E-state index contributed by atoms with van der Waals surface area (Å²) in [6.07, 6.45) is -1.40. The minimum Gasteiger partial charge on any atom is -0.493 e. The van der Waals surface area contributed by atoms with E-state index in [-0.39, 0.29) is 18.1 Å². The van der Waals surface area contributed by atoms with E-state index in [9.17, 15) is 15.0 Å². The first-order valence-electron chi connectivity index (χ1n) is 5.72. The average Bonchev–Trinajstić information content (AvgIpc) is 2.44. The van der Waals surface area contributed by atoms with Gasteiger partial charge in [-0.15, -0.1) is 11.6 Å². The Bertz CT molecular complexity index is 435. The number of methoxy groups -OCH3 is 2. The maximum atomic E-state index is 10.9. The fraction of sp³-hybridized carbons (Fsp3) is 0.462. The van der Waals surface area contributed by atoms with Crippen LogP contribution in [0.2, 0.25) is 0 Å². The second-order valence-electron chi connectivity index (χ2n) is 3.95. The number of halogens is 1. The Morgan fingerprint density at radius 3 is 2.47 bits per heavy atom. The minimum absolute atomic E-state index is 0.213. The van der Waals surface area contributed by atoms with Crippen LogP contribution in [0.5, 0.6) is 11.5 Å². The molecule has 0 aromatic heterocycles. The molecule has 5 nitrogen and oxygen atoms in total. The van der Waals surface area contributed by atoms with Gasteiger partial charge < -0.3 is 19.7 Å². The number of hydrogen-bond acceptors (Lipinski definition) is 5. The number of carbonyl (C=O) groups is 1. The second kappa shape index (κ2) is 7.33. The van der Waals surface area contributed by atoms with E-state index >= 15 is 0 Å². The third-order valence-corrected chi connectivity index (χ3v) is 2.97. The molecule has 19 heavy (non-hydrogen) atoms. The normalized spacial score (nSPS) is 13.7. The van der Waals surface area contributed by atoms with Gasteiger partial charge in [-0.1, -0.05) is 0 Å². The lowest BCUT2D eigenvalue weighted by atomic mass is 9.99. The molecular formula is C13H17ClO5. The summed E-state index contributed by atoms with van der Waals surface area (Å²) < 4.78 is 10.3. The van der Waals surface area contributed by atoms with E-state index in [1.165, 1.54) is 26.4 Å². The molecular weight excluding hydrogens is 272 g/mol. The molecule has 1 rings (SSSR count). The van der Waals surface area contributed by atoms with Crippen LogP contribution in [0, 0.1) is 0 Å². The molecule has 0 aliphatic rings. The summed E-state index contributed by atoms with van der Waals surface area (Å²) in [4.78, 5) is 10.9. The van der Waals surface area contributed by atoms with Gasteiger partial charge in [-0.3, -0.25) is 4.79 Å². The van der Waals surface area contributed by atoms with Crippen molar-refractivity contribution in [1.82, 2.24) is 0 Å². The van der Waals surface area contributed by atoms with Crippen LogP contribution in [0.1, 0.15) is 28.4 Å². The van der Waals surface area contributed by atoms with E-state index in [0.717, 1.165) is 0 Å². The first-order chi connectivity index (χ1) is 9.08.